The van der Waals surface area contributed by atoms with E-state index in [1.165, 1.54) is 12.5 Å². The smallest absolute Gasteiger partial charge is 0.334 e. The van der Waals surface area contributed by atoms with E-state index >= 15 is 0 Å². The van der Waals surface area contributed by atoms with E-state index in [4.69, 9.17) is 19.9 Å². The van der Waals surface area contributed by atoms with Crippen molar-refractivity contribution in [2.45, 2.75) is 145 Å². The van der Waals surface area contributed by atoms with Crippen molar-refractivity contribution in [3.63, 3.8) is 0 Å². The molecule has 3 N–H and O–H groups in total. The van der Waals surface area contributed by atoms with Gasteiger partial charge in [-0.05, 0) is 122 Å². The van der Waals surface area contributed by atoms with Crippen molar-refractivity contribution >= 4 is 17.9 Å². The van der Waals surface area contributed by atoms with Gasteiger partial charge in [0.2, 0.25) is 0 Å². The molecule has 1 aromatic carbocycles. The summed E-state index contributed by atoms with van der Waals surface area (Å²) >= 11 is 0. The Kier molecular flexibility index (Phi) is 11.7. The van der Waals surface area contributed by atoms with E-state index < -0.39 is 18.2 Å². The molecule has 51 heavy (non-hydrogen) atoms. The van der Waals surface area contributed by atoms with Gasteiger partial charge in [0, 0.05) is 12.5 Å². The molecule has 5 rings (SSSR count). The molecule has 282 valence electrons. The second kappa shape index (κ2) is 15.2. The van der Waals surface area contributed by atoms with Gasteiger partial charge in [0.25, 0.3) is 0 Å². The SMILES string of the molecule is CC(=O)O[C@H]1C[C@@]2(C)C(C[C@@H](O)C3[C@@]4(C)CC[C@@H](OC(=O)C(N)C(C)C)[C@@H](C)C4CC[C@@]32C)/C1=C(\CCC=C(C)C)C(=O)OCc1ccccc1. The van der Waals surface area contributed by atoms with Gasteiger partial charge in [-0.25, -0.2) is 4.79 Å². The second-order valence-electron chi connectivity index (χ2n) is 17.6. The third-order valence-corrected chi connectivity index (χ3v) is 14.0. The number of fused-ring (bicyclic) bond motifs is 5. The number of nitrogens with two attached hydrogens (primary N) is 1. The van der Waals surface area contributed by atoms with Gasteiger partial charge >= 0.3 is 17.9 Å². The Morgan fingerprint density at radius 2 is 1.69 bits per heavy atom. The van der Waals surface area contributed by atoms with E-state index in [0.717, 1.165) is 36.8 Å². The lowest BCUT2D eigenvalue weighted by Gasteiger charge is -2.69. The van der Waals surface area contributed by atoms with E-state index in [1.54, 1.807) is 0 Å². The number of allylic oxidation sites excluding steroid dienone is 2. The van der Waals surface area contributed by atoms with Gasteiger partial charge in [-0.1, -0.05) is 83.5 Å². The summed E-state index contributed by atoms with van der Waals surface area (Å²) < 4.78 is 18.2. The van der Waals surface area contributed by atoms with Crippen LogP contribution in [0.2, 0.25) is 0 Å². The standard InChI is InChI=1S/C43H63NO7/c1-25(2)14-13-17-30(39(47)49-24-29-15-11-10-12-16-29)36-32-22-33(46)38-41(7)20-19-34(51-40(48)37(44)26(3)4)27(5)31(41)18-21-42(38,8)43(32,9)23-35(36)50-28(6)45/h10-12,14-16,26-27,31-35,37-38,46H,13,17-24,44H2,1-9H3/b36-30-/t27-,31?,32?,33+,34+,35-,37?,38?,41-,42-,43-/m0/s1. The molecule has 0 aliphatic heterocycles. The molecule has 0 radical (unpaired) electrons. The number of rotatable bonds is 10. The van der Waals surface area contributed by atoms with Crippen molar-refractivity contribution < 1.29 is 33.7 Å². The Labute approximate surface area is 305 Å². The first-order valence-corrected chi connectivity index (χ1v) is 19.3. The van der Waals surface area contributed by atoms with Crippen molar-refractivity contribution in [3.8, 4) is 0 Å². The zero-order chi connectivity index (χ0) is 37.5. The molecule has 0 saturated heterocycles. The fourth-order valence-electron chi connectivity index (χ4n) is 11.2. The van der Waals surface area contributed by atoms with Crippen LogP contribution in [0.15, 0.2) is 53.1 Å². The van der Waals surface area contributed by atoms with Crippen LogP contribution in [0.3, 0.4) is 0 Å². The molecule has 4 fully saturated rings. The quantitative estimate of drug-likeness (QED) is 0.109. The second-order valence-corrected chi connectivity index (χ2v) is 17.6. The van der Waals surface area contributed by atoms with Gasteiger partial charge < -0.3 is 25.1 Å². The lowest BCUT2D eigenvalue weighted by molar-refractivity contribution is -0.236. The molecule has 0 bridgehead atoms. The summed E-state index contributed by atoms with van der Waals surface area (Å²) in [4.78, 5) is 39.8. The minimum absolute atomic E-state index is 0.00254. The zero-order valence-corrected chi connectivity index (χ0v) is 32.5. The van der Waals surface area contributed by atoms with Crippen molar-refractivity contribution in [1.29, 1.82) is 0 Å². The van der Waals surface area contributed by atoms with Crippen molar-refractivity contribution in [3.05, 3.63) is 58.7 Å². The Balaban J connectivity index is 1.51. The first-order chi connectivity index (χ1) is 23.9. The first kappa shape index (κ1) is 39.2. The Morgan fingerprint density at radius 3 is 2.31 bits per heavy atom. The Hall–Kier alpha value is -2.97. The molecule has 4 unspecified atom stereocenters. The van der Waals surface area contributed by atoms with Crippen molar-refractivity contribution in [2.24, 2.45) is 51.6 Å². The van der Waals surface area contributed by atoms with Crippen LogP contribution < -0.4 is 5.73 Å². The van der Waals surface area contributed by atoms with Crippen molar-refractivity contribution in [1.82, 2.24) is 0 Å². The lowest BCUT2D eigenvalue weighted by atomic mass is 9.36. The molecule has 1 aromatic rings. The van der Waals surface area contributed by atoms with Crippen LogP contribution in [0.25, 0.3) is 0 Å². The highest BCUT2D eigenvalue weighted by Crippen LogP contribution is 2.74. The van der Waals surface area contributed by atoms with E-state index in [1.807, 2.05) is 58.0 Å². The maximum Gasteiger partial charge on any atom is 0.334 e. The van der Waals surface area contributed by atoms with Crippen LogP contribution in [-0.2, 0) is 35.2 Å². The molecule has 4 aliphatic carbocycles. The number of aliphatic hydroxyl groups excluding tert-OH is 1. The minimum atomic E-state index is -0.644. The number of aliphatic hydroxyl groups is 1. The number of hydrogen-bond donors (Lipinski definition) is 2. The topological polar surface area (TPSA) is 125 Å². The number of hydrogen-bond acceptors (Lipinski definition) is 8. The normalized spacial score (nSPS) is 37.3. The van der Waals surface area contributed by atoms with E-state index in [0.29, 0.717) is 31.3 Å². The monoisotopic (exact) mass is 705 g/mol. The van der Waals surface area contributed by atoms with Gasteiger partial charge in [0.15, 0.2) is 0 Å². The highest BCUT2D eigenvalue weighted by molar-refractivity contribution is 5.90. The van der Waals surface area contributed by atoms with Crippen LogP contribution in [0.5, 0.6) is 0 Å². The number of ether oxygens (including phenoxy) is 3. The highest BCUT2D eigenvalue weighted by atomic mass is 16.6. The van der Waals surface area contributed by atoms with E-state index in [9.17, 15) is 19.5 Å². The van der Waals surface area contributed by atoms with Crippen LogP contribution in [0, 0.1) is 45.8 Å². The van der Waals surface area contributed by atoms with Crippen LogP contribution >= 0.6 is 0 Å². The van der Waals surface area contributed by atoms with Crippen LogP contribution in [-0.4, -0.2) is 47.4 Å². The molecule has 0 spiro atoms. The number of benzene rings is 1. The molecule has 0 aromatic heterocycles. The molecule has 4 aliphatic rings. The van der Waals surface area contributed by atoms with Gasteiger partial charge in [-0.15, -0.1) is 0 Å². The minimum Gasteiger partial charge on any atom is -0.461 e. The summed E-state index contributed by atoms with van der Waals surface area (Å²) in [6, 6.07) is 9.01. The van der Waals surface area contributed by atoms with Crippen molar-refractivity contribution in [2.75, 3.05) is 0 Å². The van der Waals surface area contributed by atoms with Gasteiger partial charge in [0.05, 0.1) is 6.10 Å². The Morgan fingerprint density at radius 1 is 1.00 bits per heavy atom. The predicted molar refractivity (Wildman–Crippen MR) is 198 cm³/mol. The summed E-state index contributed by atoms with van der Waals surface area (Å²) in [6.45, 7) is 18.8. The van der Waals surface area contributed by atoms with Gasteiger partial charge in [0.1, 0.15) is 24.9 Å². The fourth-order valence-corrected chi connectivity index (χ4v) is 11.2. The summed E-state index contributed by atoms with van der Waals surface area (Å²) in [5.74, 6) is -0.864. The molecular formula is C43H63NO7. The average Bonchev–Trinajstić information content (AvgIpc) is 3.34. The fraction of sp³-hybridized carbons (Fsp3) is 0.698. The first-order valence-electron chi connectivity index (χ1n) is 19.3. The maximum absolute atomic E-state index is 14.1. The molecule has 0 amide bonds. The summed E-state index contributed by atoms with van der Waals surface area (Å²) in [5.41, 5.74) is 8.82. The van der Waals surface area contributed by atoms with Crippen LogP contribution in [0.1, 0.15) is 119 Å². The van der Waals surface area contributed by atoms with E-state index in [-0.39, 0.29) is 76.5 Å². The lowest BCUT2D eigenvalue weighted by Crippen LogP contribution is -2.65. The molecular weight excluding hydrogens is 642 g/mol. The largest absolute Gasteiger partial charge is 0.461 e. The van der Waals surface area contributed by atoms with Gasteiger partial charge in [-0.3, -0.25) is 9.59 Å². The Bertz CT molecular complexity index is 1510. The summed E-state index contributed by atoms with van der Waals surface area (Å²) in [6.07, 6.45) is 6.32. The molecule has 8 heteroatoms. The number of carbonyl (C=O) groups is 3. The number of carbonyl (C=O) groups excluding carboxylic acids is 3. The third-order valence-electron chi connectivity index (χ3n) is 14.0. The molecule has 8 nitrogen and oxygen atoms in total. The number of esters is 3. The molecule has 0 heterocycles. The van der Waals surface area contributed by atoms with Crippen LogP contribution in [0.4, 0.5) is 0 Å². The van der Waals surface area contributed by atoms with E-state index in [2.05, 4.69) is 33.8 Å². The highest BCUT2D eigenvalue weighted by Gasteiger charge is 2.71. The third kappa shape index (κ3) is 7.33. The molecule has 4 saturated carbocycles. The maximum atomic E-state index is 14.1. The zero-order valence-electron chi connectivity index (χ0n) is 32.5. The van der Waals surface area contributed by atoms with Gasteiger partial charge in [-0.2, -0.15) is 0 Å². The summed E-state index contributed by atoms with van der Waals surface area (Å²) in [7, 11) is 0. The molecule has 11 atom stereocenters. The average molecular weight is 706 g/mol. The summed E-state index contributed by atoms with van der Waals surface area (Å²) in [5, 5.41) is 12.4. The predicted octanol–water partition coefficient (Wildman–Crippen LogP) is 7.86.